The third kappa shape index (κ3) is 12.4. The summed E-state index contributed by atoms with van der Waals surface area (Å²) in [7, 11) is 0. The number of aliphatic hydroxyl groups excluding tert-OH is 1. The number of nitrogens with zero attached hydrogens (tertiary/aromatic N) is 1. The number of benzene rings is 1. The Morgan fingerprint density at radius 3 is 2.31 bits per heavy atom. The number of thioether (sulfide) groups is 1. The van der Waals surface area contributed by atoms with Gasteiger partial charge in [-0.1, -0.05) is 95.0 Å². The minimum atomic E-state index is -0.958. The van der Waals surface area contributed by atoms with E-state index in [1.807, 2.05) is 12.1 Å². The number of para-hydroxylation sites is 1. The van der Waals surface area contributed by atoms with E-state index in [0.717, 1.165) is 54.8 Å². The molecule has 0 radical (unpaired) electrons. The summed E-state index contributed by atoms with van der Waals surface area (Å²) in [5.41, 5.74) is 1.04. The van der Waals surface area contributed by atoms with Gasteiger partial charge in [0, 0.05) is 11.2 Å². The number of hydrogen-bond acceptors (Lipinski definition) is 6. The Hall–Kier alpha value is -0.110. The molecule has 0 saturated carbocycles. The van der Waals surface area contributed by atoms with Crippen LogP contribution in [0.2, 0.25) is 0 Å². The van der Waals surface area contributed by atoms with E-state index in [1.54, 1.807) is 23.1 Å². The summed E-state index contributed by atoms with van der Waals surface area (Å²) in [6.45, 7) is 2.24. The van der Waals surface area contributed by atoms with Crippen LogP contribution in [-0.4, -0.2) is 27.4 Å². The number of hydrogen-bond donors (Lipinski definition) is 1. The van der Waals surface area contributed by atoms with Gasteiger partial charge in [0.05, 0.1) is 16.3 Å². The molecule has 0 aliphatic rings. The van der Waals surface area contributed by atoms with Gasteiger partial charge in [-0.2, -0.15) is 0 Å². The van der Waals surface area contributed by atoms with Crippen LogP contribution in [0.3, 0.4) is 0 Å². The van der Waals surface area contributed by atoms with Gasteiger partial charge < -0.3 is 15.0 Å². The smallest absolute Gasteiger partial charge is 0.550 e. The molecule has 0 amide bonds. The molecule has 32 heavy (non-hydrogen) atoms. The number of carbonyl (C=O) groups excluding carboxylic acids is 1. The van der Waals surface area contributed by atoms with Crippen LogP contribution in [0, 0.1) is 0 Å². The maximum absolute atomic E-state index is 10.9. The number of aliphatic carboxylic acids is 1. The quantitative estimate of drug-likeness (QED) is 0.198. The molecule has 1 heterocycles. The van der Waals surface area contributed by atoms with Gasteiger partial charge in [0.15, 0.2) is 4.34 Å². The molecule has 174 valence electrons. The SMILES string of the molecule is CCCCCCCCC(Sc1nc2ccccc2s1)C(O)CCCCCCCC(=O)[O-].[Na+]. The number of carboxylic acid groups (broad SMARTS) is 1. The molecule has 2 unspecified atom stereocenters. The molecule has 0 fully saturated rings. The van der Waals surface area contributed by atoms with Crippen LogP contribution in [0.4, 0.5) is 0 Å². The van der Waals surface area contributed by atoms with Gasteiger partial charge in [0.2, 0.25) is 0 Å². The molecule has 2 rings (SSSR count). The summed E-state index contributed by atoms with van der Waals surface area (Å²) in [4.78, 5) is 15.2. The second-order valence-corrected chi connectivity index (χ2v) is 10.9. The fraction of sp³-hybridized carbons (Fsp3) is 0.680. The Morgan fingerprint density at radius 1 is 1.00 bits per heavy atom. The van der Waals surface area contributed by atoms with Crippen molar-refractivity contribution in [2.45, 2.75) is 113 Å². The normalized spacial score (nSPS) is 13.1. The summed E-state index contributed by atoms with van der Waals surface area (Å²) < 4.78 is 2.26. The van der Waals surface area contributed by atoms with E-state index in [4.69, 9.17) is 4.98 Å². The molecular weight excluding hydrogens is 449 g/mol. The van der Waals surface area contributed by atoms with Crippen molar-refractivity contribution >= 4 is 39.3 Å². The molecule has 0 saturated heterocycles. The van der Waals surface area contributed by atoms with Gasteiger partial charge in [-0.05, 0) is 37.8 Å². The first kappa shape index (κ1) is 29.9. The molecule has 1 aromatic heterocycles. The van der Waals surface area contributed by atoms with E-state index in [0.29, 0.717) is 6.42 Å². The second-order valence-electron chi connectivity index (χ2n) is 8.41. The maximum Gasteiger partial charge on any atom is 1.00 e. The van der Waals surface area contributed by atoms with Crippen molar-refractivity contribution in [2.75, 3.05) is 0 Å². The Morgan fingerprint density at radius 2 is 1.62 bits per heavy atom. The fourth-order valence-electron chi connectivity index (χ4n) is 3.83. The first-order valence-electron chi connectivity index (χ1n) is 12.0. The predicted octanol–water partition coefficient (Wildman–Crippen LogP) is 3.35. The molecule has 2 aromatic rings. The van der Waals surface area contributed by atoms with E-state index < -0.39 is 5.97 Å². The topological polar surface area (TPSA) is 73.2 Å². The number of aromatic nitrogens is 1. The van der Waals surface area contributed by atoms with Crippen LogP contribution < -0.4 is 34.7 Å². The van der Waals surface area contributed by atoms with Crippen LogP contribution in [0.15, 0.2) is 28.6 Å². The van der Waals surface area contributed by atoms with Crippen LogP contribution in [0.5, 0.6) is 0 Å². The molecule has 2 atom stereocenters. The van der Waals surface area contributed by atoms with Crippen LogP contribution in [0.25, 0.3) is 10.2 Å². The van der Waals surface area contributed by atoms with E-state index in [1.165, 1.54) is 36.8 Å². The van der Waals surface area contributed by atoms with Gasteiger partial charge >= 0.3 is 29.6 Å². The fourth-order valence-corrected chi connectivity index (χ4v) is 6.34. The summed E-state index contributed by atoms with van der Waals surface area (Å²) in [5, 5.41) is 21.6. The average Bonchev–Trinajstić information content (AvgIpc) is 3.16. The van der Waals surface area contributed by atoms with Crippen molar-refractivity contribution in [1.29, 1.82) is 0 Å². The zero-order chi connectivity index (χ0) is 22.3. The molecule has 0 aliphatic heterocycles. The number of thiazole rings is 1. The molecular formula is C25H38NNaO3S2. The number of rotatable bonds is 18. The molecule has 4 nitrogen and oxygen atoms in total. The standard InChI is InChI=1S/C25H39NO3S2.Na/c1-2-3-4-5-8-11-18-23(21(27)16-10-7-6-9-12-19-24(28)29)31-25-26-20-15-13-14-17-22(20)30-25;/h13-15,17,21,23,27H,2-12,16,18-19H2,1H3,(H,28,29);/q;+1/p-1. The van der Waals surface area contributed by atoms with Crippen molar-refractivity contribution in [3.05, 3.63) is 24.3 Å². The largest absolute Gasteiger partial charge is 1.00 e. The van der Waals surface area contributed by atoms with Crippen molar-refractivity contribution in [2.24, 2.45) is 0 Å². The van der Waals surface area contributed by atoms with E-state index in [-0.39, 0.29) is 47.3 Å². The number of aliphatic hydroxyl groups is 1. The van der Waals surface area contributed by atoms with Crippen molar-refractivity contribution in [3.8, 4) is 0 Å². The number of unbranched alkanes of at least 4 members (excludes halogenated alkanes) is 9. The molecule has 0 spiro atoms. The maximum atomic E-state index is 10.9. The van der Waals surface area contributed by atoms with Crippen molar-refractivity contribution in [3.63, 3.8) is 0 Å². The predicted molar refractivity (Wildman–Crippen MR) is 131 cm³/mol. The third-order valence-corrected chi connectivity index (χ3v) is 8.19. The Balaban J connectivity index is 0.00000512. The summed E-state index contributed by atoms with van der Waals surface area (Å²) in [6.07, 6.45) is 13.9. The van der Waals surface area contributed by atoms with Crippen molar-refractivity contribution < 1.29 is 44.6 Å². The summed E-state index contributed by atoms with van der Waals surface area (Å²) in [5.74, 6) is -0.958. The first-order valence-corrected chi connectivity index (χ1v) is 13.7. The van der Waals surface area contributed by atoms with Crippen LogP contribution in [-0.2, 0) is 4.79 Å². The van der Waals surface area contributed by atoms with Crippen LogP contribution in [0.1, 0.15) is 96.8 Å². The zero-order valence-corrected chi connectivity index (χ0v) is 23.5. The summed E-state index contributed by atoms with van der Waals surface area (Å²) >= 11 is 3.47. The first-order chi connectivity index (χ1) is 15.1. The third-order valence-electron chi connectivity index (χ3n) is 5.68. The Kier molecular flexibility index (Phi) is 17.1. The molecule has 1 N–H and O–H groups in total. The Labute approximate surface area is 224 Å². The summed E-state index contributed by atoms with van der Waals surface area (Å²) in [6, 6.07) is 8.23. The number of carbonyl (C=O) groups is 1. The molecule has 7 heteroatoms. The van der Waals surface area contributed by atoms with E-state index in [9.17, 15) is 15.0 Å². The average molecular weight is 488 g/mol. The van der Waals surface area contributed by atoms with Gasteiger partial charge in [0.1, 0.15) is 0 Å². The van der Waals surface area contributed by atoms with Gasteiger partial charge in [0.25, 0.3) is 0 Å². The minimum Gasteiger partial charge on any atom is -0.550 e. The number of fused-ring (bicyclic) bond motifs is 1. The number of carboxylic acids is 1. The van der Waals surface area contributed by atoms with Gasteiger partial charge in [-0.3, -0.25) is 0 Å². The van der Waals surface area contributed by atoms with Crippen molar-refractivity contribution in [1.82, 2.24) is 4.98 Å². The molecule has 1 aromatic carbocycles. The van der Waals surface area contributed by atoms with Gasteiger partial charge in [-0.25, -0.2) is 4.98 Å². The Bertz CT molecular complexity index is 723. The molecule has 0 bridgehead atoms. The molecule has 0 aliphatic carbocycles. The van der Waals surface area contributed by atoms with Gasteiger partial charge in [-0.15, -0.1) is 11.3 Å². The van der Waals surface area contributed by atoms with E-state index in [2.05, 4.69) is 19.1 Å². The van der Waals surface area contributed by atoms with Crippen LogP contribution >= 0.6 is 23.1 Å². The monoisotopic (exact) mass is 487 g/mol. The minimum absolute atomic E-state index is 0. The second kappa shape index (κ2) is 18.2. The van der Waals surface area contributed by atoms with E-state index >= 15 is 0 Å². The zero-order valence-electron chi connectivity index (χ0n) is 19.9.